The van der Waals surface area contributed by atoms with E-state index in [9.17, 15) is 10.1 Å². The number of fused-ring (bicyclic) bond motifs is 1. The van der Waals surface area contributed by atoms with Gasteiger partial charge in [0.2, 0.25) is 5.82 Å². The minimum atomic E-state index is -0.300. The fourth-order valence-electron chi connectivity index (χ4n) is 3.52. The van der Waals surface area contributed by atoms with Gasteiger partial charge in [-0.2, -0.15) is 0 Å². The van der Waals surface area contributed by atoms with Gasteiger partial charge in [0.05, 0.1) is 4.92 Å². The number of aromatic nitrogens is 1. The van der Waals surface area contributed by atoms with E-state index in [1.807, 2.05) is 0 Å². The van der Waals surface area contributed by atoms with Crippen molar-refractivity contribution in [2.75, 3.05) is 38.1 Å². The number of nitrogens with zero attached hydrogens (tertiary/aromatic N) is 4. The Bertz CT molecular complexity index is 534. The number of likely N-dealkylation sites (tertiary alicyclic amines) is 1. The molecule has 108 valence electrons. The molecule has 2 atom stereocenters. The Balaban J connectivity index is 1.88. The standard InChI is InChI=1S/C14H20N4O2/c1-10-3-5-15-14(13(10)18(19)20)17-8-11-4-6-16(2)7-12(11)9-17/h3,5,11-12H,4,6-9H2,1-2H3/t11-,12+/m1/s1. The summed E-state index contributed by atoms with van der Waals surface area (Å²) in [7, 11) is 2.15. The minimum Gasteiger partial charge on any atom is -0.350 e. The molecule has 0 radical (unpaired) electrons. The highest BCUT2D eigenvalue weighted by atomic mass is 16.6. The topological polar surface area (TPSA) is 62.5 Å². The SMILES string of the molecule is Cc1ccnc(N2C[C@H]3CCN(C)C[C@H]3C2)c1[N+](=O)[O-]. The van der Waals surface area contributed by atoms with E-state index in [0.29, 0.717) is 23.2 Å². The Hall–Kier alpha value is -1.69. The summed E-state index contributed by atoms with van der Waals surface area (Å²) in [5, 5.41) is 11.3. The molecule has 6 heteroatoms. The molecule has 0 saturated carbocycles. The van der Waals surface area contributed by atoms with Crippen LogP contribution in [0.15, 0.2) is 12.3 Å². The van der Waals surface area contributed by atoms with Crippen LogP contribution in [0.2, 0.25) is 0 Å². The van der Waals surface area contributed by atoms with Gasteiger partial charge in [0.1, 0.15) is 0 Å². The molecule has 3 heterocycles. The summed E-state index contributed by atoms with van der Waals surface area (Å²) in [6.07, 6.45) is 2.85. The van der Waals surface area contributed by atoms with Gasteiger partial charge in [-0.25, -0.2) is 4.98 Å². The number of nitro groups is 1. The van der Waals surface area contributed by atoms with Gasteiger partial charge in [-0.3, -0.25) is 10.1 Å². The smallest absolute Gasteiger partial charge is 0.314 e. The van der Waals surface area contributed by atoms with Crippen LogP contribution in [-0.2, 0) is 0 Å². The van der Waals surface area contributed by atoms with Gasteiger partial charge in [-0.05, 0) is 44.8 Å². The maximum Gasteiger partial charge on any atom is 0.314 e. The summed E-state index contributed by atoms with van der Waals surface area (Å²) in [6.45, 7) is 5.77. The average Bonchev–Trinajstić information content (AvgIpc) is 2.80. The van der Waals surface area contributed by atoms with Crippen molar-refractivity contribution in [1.29, 1.82) is 0 Å². The van der Waals surface area contributed by atoms with Crippen molar-refractivity contribution in [1.82, 2.24) is 9.88 Å². The number of aryl methyl sites for hydroxylation is 1. The Kier molecular flexibility index (Phi) is 3.33. The Morgan fingerprint density at radius 2 is 2.10 bits per heavy atom. The van der Waals surface area contributed by atoms with Gasteiger partial charge in [-0.1, -0.05) is 0 Å². The highest BCUT2D eigenvalue weighted by Gasteiger charge is 2.38. The second-order valence-electron chi connectivity index (χ2n) is 6.03. The van der Waals surface area contributed by atoms with Crippen molar-refractivity contribution >= 4 is 11.5 Å². The summed E-state index contributed by atoms with van der Waals surface area (Å²) in [5.74, 6) is 1.80. The zero-order valence-corrected chi connectivity index (χ0v) is 12.0. The molecule has 0 aromatic carbocycles. The third-order valence-corrected chi connectivity index (χ3v) is 4.59. The molecule has 2 saturated heterocycles. The van der Waals surface area contributed by atoms with Crippen LogP contribution in [-0.4, -0.2) is 48.0 Å². The Labute approximate surface area is 118 Å². The number of rotatable bonds is 2. The first kappa shape index (κ1) is 13.3. The molecule has 1 aromatic heterocycles. The van der Waals surface area contributed by atoms with Crippen molar-refractivity contribution in [3.63, 3.8) is 0 Å². The van der Waals surface area contributed by atoms with E-state index in [1.165, 1.54) is 6.42 Å². The first-order valence-corrected chi connectivity index (χ1v) is 7.09. The normalized spacial score (nSPS) is 26.6. The highest BCUT2D eigenvalue weighted by molar-refractivity contribution is 5.62. The molecule has 20 heavy (non-hydrogen) atoms. The predicted molar refractivity (Wildman–Crippen MR) is 76.9 cm³/mol. The van der Waals surface area contributed by atoms with E-state index in [2.05, 4.69) is 21.8 Å². The number of pyridine rings is 1. The fourth-order valence-corrected chi connectivity index (χ4v) is 3.52. The van der Waals surface area contributed by atoms with Crippen molar-refractivity contribution in [2.45, 2.75) is 13.3 Å². The molecular formula is C14H20N4O2. The fraction of sp³-hybridized carbons (Fsp3) is 0.643. The van der Waals surface area contributed by atoms with Crippen LogP contribution in [0.25, 0.3) is 0 Å². The molecule has 0 unspecified atom stereocenters. The molecule has 0 spiro atoms. The third-order valence-electron chi connectivity index (χ3n) is 4.59. The summed E-state index contributed by atoms with van der Waals surface area (Å²) >= 11 is 0. The molecule has 2 fully saturated rings. The lowest BCUT2D eigenvalue weighted by molar-refractivity contribution is -0.384. The van der Waals surface area contributed by atoms with Crippen LogP contribution in [0.1, 0.15) is 12.0 Å². The van der Waals surface area contributed by atoms with Gasteiger partial charge < -0.3 is 9.80 Å². The lowest BCUT2D eigenvalue weighted by Gasteiger charge is -2.31. The summed E-state index contributed by atoms with van der Waals surface area (Å²) < 4.78 is 0. The van der Waals surface area contributed by atoms with Crippen molar-refractivity contribution in [2.24, 2.45) is 11.8 Å². The second-order valence-corrected chi connectivity index (χ2v) is 6.03. The number of hydrogen-bond acceptors (Lipinski definition) is 5. The van der Waals surface area contributed by atoms with Crippen LogP contribution in [0.3, 0.4) is 0 Å². The number of hydrogen-bond donors (Lipinski definition) is 0. The van der Waals surface area contributed by atoms with E-state index in [1.54, 1.807) is 19.2 Å². The van der Waals surface area contributed by atoms with E-state index >= 15 is 0 Å². The minimum absolute atomic E-state index is 0.166. The van der Waals surface area contributed by atoms with Crippen molar-refractivity contribution < 1.29 is 4.92 Å². The van der Waals surface area contributed by atoms with E-state index in [-0.39, 0.29) is 10.6 Å². The lowest BCUT2D eigenvalue weighted by Crippen LogP contribution is -2.37. The van der Waals surface area contributed by atoms with E-state index in [0.717, 1.165) is 26.2 Å². The Morgan fingerprint density at radius 1 is 1.35 bits per heavy atom. The number of anilines is 1. The van der Waals surface area contributed by atoms with Gasteiger partial charge in [0, 0.05) is 31.4 Å². The average molecular weight is 276 g/mol. The zero-order valence-electron chi connectivity index (χ0n) is 12.0. The molecule has 3 rings (SSSR count). The molecule has 1 aromatic rings. The van der Waals surface area contributed by atoms with Gasteiger partial charge in [0.25, 0.3) is 0 Å². The van der Waals surface area contributed by atoms with Crippen molar-refractivity contribution in [3.8, 4) is 0 Å². The summed E-state index contributed by atoms with van der Waals surface area (Å²) in [4.78, 5) is 19.7. The van der Waals surface area contributed by atoms with E-state index < -0.39 is 0 Å². The quantitative estimate of drug-likeness (QED) is 0.607. The third kappa shape index (κ3) is 2.24. The largest absolute Gasteiger partial charge is 0.350 e. The maximum atomic E-state index is 11.3. The molecule has 6 nitrogen and oxygen atoms in total. The summed E-state index contributed by atoms with van der Waals surface area (Å²) in [6, 6.07) is 1.71. The molecule has 2 aliphatic heterocycles. The van der Waals surface area contributed by atoms with Gasteiger partial charge in [-0.15, -0.1) is 0 Å². The Morgan fingerprint density at radius 3 is 2.85 bits per heavy atom. The first-order chi connectivity index (χ1) is 9.56. The molecule has 0 amide bonds. The first-order valence-electron chi connectivity index (χ1n) is 7.09. The molecule has 0 aliphatic carbocycles. The number of piperidine rings is 1. The molecular weight excluding hydrogens is 256 g/mol. The van der Waals surface area contributed by atoms with Crippen LogP contribution in [0.4, 0.5) is 11.5 Å². The molecule has 2 aliphatic rings. The second kappa shape index (κ2) is 5.01. The van der Waals surface area contributed by atoms with Crippen LogP contribution < -0.4 is 4.90 Å². The van der Waals surface area contributed by atoms with Crippen molar-refractivity contribution in [3.05, 3.63) is 27.9 Å². The zero-order chi connectivity index (χ0) is 14.3. The predicted octanol–water partition coefficient (Wildman–Crippen LogP) is 1.69. The van der Waals surface area contributed by atoms with E-state index in [4.69, 9.17) is 0 Å². The maximum absolute atomic E-state index is 11.3. The summed E-state index contributed by atoms with van der Waals surface area (Å²) in [5.41, 5.74) is 0.853. The van der Waals surface area contributed by atoms with Gasteiger partial charge >= 0.3 is 5.69 Å². The monoisotopic (exact) mass is 276 g/mol. The van der Waals surface area contributed by atoms with Crippen LogP contribution in [0.5, 0.6) is 0 Å². The lowest BCUT2D eigenvalue weighted by atomic mass is 9.89. The van der Waals surface area contributed by atoms with Gasteiger partial charge in [0.15, 0.2) is 0 Å². The molecule has 0 bridgehead atoms. The van der Waals surface area contributed by atoms with Crippen LogP contribution >= 0.6 is 0 Å². The highest BCUT2D eigenvalue weighted by Crippen LogP contribution is 2.37. The van der Waals surface area contributed by atoms with Crippen LogP contribution in [0, 0.1) is 28.9 Å². The molecule has 0 N–H and O–H groups in total.